The van der Waals surface area contributed by atoms with Gasteiger partial charge in [0.25, 0.3) is 0 Å². The molecule has 14 nitrogen and oxygen atoms in total. The van der Waals surface area contributed by atoms with Crippen molar-refractivity contribution in [3.8, 4) is 0 Å². The van der Waals surface area contributed by atoms with Crippen molar-refractivity contribution in [3.05, 3.63) is 47.7 Å². The molecule has 0 saturated heterocycles. The SMILES string of the molecule is CC(=O)N[C@H]1[C@H]([C@H](OC(C)=O)[C@@H](COC(C)=O)OC(C)=O)OC(C(=O)OCc2ccccc2)=C[C@@H]1NC(=O)OC(C)(C)C. The average Bonchev–Trinajstić information content (AvgIpc) is 2.88. The van der Waals surface area contributed by atoms with Gasteiger partial charge in [0.15, 0.2) is 18.3 Å². The van der Waals surface area contributed by atoms with Gasteiger partial charge in [-0.25, -0.2) is 9.59 Å². The van der Waals surface area contributed by atoms with Crippen LogP contribution >= 0.6 is 0 Å². The molecule has 0 unspecified atom stereocenters. The van der Waals surface area contributed by atoms with Crippen LogP contribution in [0.4, 0.5) is 4.79 Å². The van der Waals surface area contributed by atoms with Gasteiger partial charge in [0.1, 0.15) is 18.8 Å². The molecule has 0 aliphatic carbocycles. The summed E-state index contributed by atoms with van der Waals surface area (Å²) in [6.45, 7) is 8.69. The van der Waals surface area contributed by atoms with Gasteiger partial charge < -0.3 is 39.1 Å². The zero-order valence-corrected chi connectivity index (χ0v) is 25.2. The molecule has 0 bridgehead atoms. The fraction of sp³-hybridized carbons (Fsp3) is 0.517. The van der Waals surface area contributed by atoms with E-state index in [4.69, 9.17) is 28.4 Å². The molecule has 1 aromatic carbocycles. The Labute approximate surface area is 249 Å². The topological polar surface area (TPSA) is 182 Å². The van der Waals surface area contributed by atoms with Crippen LogP contribution in [0.15, 0.2) is 42.2 Å². The van der Waals surface area contributed by atoms with Crippen molar-refractivity contribution in [1.29, 1.82) is 0 Å². The summed E-state index contributed by atoms with van der Waals surface area (Å²) in [4.78, 5) is 74.2. The first kappa shape index (κ1) is 34.6. The van der Waals surface area contributed by atoms with Crippen molar-refractivity contribution in [2.75, 3.05) is 6.61 Å². The minimum atomic E-state index is -1.56. The lowest BCUT2D eigenvalue weighted by atomic mass is 9.91. The molecule has 2 rings (SSSR count). The van der Waals surface area contributed by atoms with Crippen LogP contribution in [0.5, 0.6) is 0 Å². The number of hydrogen-bond donors (Lipinski definition) is 2. The van der Waals surface area contributed by atoms with Crippen LogP contribution in [-0.4, -0.2) is 78.5 Å². The molecule has 1 aliphatic heterocycles. The Morgan fingerprint density at radius 1 is 0.860 bits per heavy atom. The Bertz CT molecular complexity index is 1210. The summed E-state index contributed by atoms with van der Waals surface area (Å²) in [6, 6.07) is 6.37. The fourth-order valence-electron chi connectivity index (χ4n) is 4.05. The van der Waals surface area contributed by atoms with Gasteiger partial charge in [-0.15, -0.1) is 0 Å². The Hall–Kier alpha value is -4.62. The first-order chi connectivity index (χ1) is 20.1. The van der Waals surface area contributed by atoms with E-state index in [9.17, 15) is 28.8 Å². The highest BCUT2D eigenvalue weighted by Crippen LogP contribution is 2.27. The van der Waals surface area contributed by atoms with E-state index in [0.717, 1.165) is 20.8 Å². The maximum Gasteiger partial charge on any atom is 0.408 e. The van der Waals surface area contributed by atoms with Gasteiger partial charge in [-0.05, 0) is 32.4 Å². The van der Waals surface area contributed by atoms with Gasteiger partial charge >= 0.3 is 30.0 Å². The van der Waals surface area contributed by atoms with E-state index in [1.807, 2.05) is 0 Å². The second-order valence-electron chi connectivity index (χ2n) is 10.6. The Morgan fingerprint density at radius 2 is 1.49 bits per heavy atom. The third-order valence-corrected chi connectivity index (χ3v) is 5.56. The highest BCUT2D eigenvalue weighted by molar-refractivity contribution is 5.87. The van der Waals surface area contributed by atoms with Crippen LogP contribution in [0.1, 0.15) is 54.0 Å². The number of ether oxygens (including phenoxy) is 6. The molecule has 236 valence electrons. The molecule has 2 amide bonds. The van der Waals surface area contributed by atoms with Crippen LogP contribution in [0.2, 0.25) is 0 Å². The van der Waals surface area contributed by atoms with Crippen molar-refractivity contribution in [2.24, 2.45) is 0 Å². The Kier molecular flexibility index (Phi) is 12.5. The number of alkyl carbamates (subject to hydrolysis) is 1. The van der Waals surface area contributed by atoms with E-state index >= 15 is 0 Å². The maximum atomic E-state index is 13.2. The third kappa shape index (κ3) is 12.0. The van der Waals surface area contributed by atoms with Gasteiger partial charge in [-0.3, -0.25) is 19.2 Å². The zero-order chi connectivity index (χ0) is 32.3. The van der Waals surface area contributed by atoms with Gasteiger partial charge in [0.05, 0.1) is 12.1 Å². The van der Waals surface area contributed by atoms with Crippen molar-refractivity contribution in [2.45, 2.75) is 91.1 Å². The molecule has 43 heavy (non-hydrogen) atoms. The quantitative estimate of drug-likeness (QED) is 0.276. The van der Waals surface area contributed by atoms with Crippen LogP contribution in [0, 0.1) is 0 Å². The summed E-state index contributed by atoms with van der Waals surface area (Å²) >= 11 is 0. The van der Waals surface area contributed by atoms with Crippen LogP contribution in [-0.2, 0) is 59.0 Å². The number of carbonyl (C=O) groups excluding carboxylic acids is 6. The first-order valence-corrected chi connectivity index (χ1v) is 13.4. The molecule has 5 atom stereocenters. The van der Waals surface area contributed by atoms with Gasteiger partial charge in [0.2, 0.25) is 11.7 Å². The second kappa shape index (κ2) is 15.6. The van der Waals surface area contributed by atoms with Crippen molar-refractivity contribution < 1.29 is 57.2 Å². The fourth-order valence-corrected chi connectivity index (χ4v) is 4.05. The largest absolute Gasteiger partial charge is 0.477 e. The molecule has 2 N–H and O–H groups in total. The summed E-state index contributed by atoms with van der Waals surface area (Å²) in [5.74, 6) is -4.33. The summed E-state index contributed by atoms with van der Waals surface area (Å²) < 4.78 is 32.6. The van der Waals surface area contributed by atoms with E-state index in [1.54, 1.807) is 51.1 Å². The second-order valence-corrected chi connectivity index (χ2v) is 10.6. The smallest absolute Gasteiger partial charge is 0.408 e. The minimum Gasteiger partial charge on any atom is -0.477 e. The lowest BCUT2D eigenvalue weighted by Crippen LogP contribution is -2.64. The number of hydrogen-bond acceptors (Lipinski definition) is 12. The van der Waals surface area contributed by atoms with E-state index in [1.165, 1.54) is 13.0 Å². The highest BCUT2D eigenvalue weighted by atomic mass is 16.6. The standard InChI is InChI=1S/C29H38N2O12/c1-16(32)30-24-21(31-28(37)43-29(5,6)7)13-22(27(36)39-14-20-11-9-8-10-12-20)42-26(24)25(41-19(4)35)23(40-18(3)34)15-38-17(2)33/h8-13,21,23-26H,14-15H2,1-7H3,(H,30,32)(H,31,37)/t21-,23+,24+,25+,26+/m0/s1. The Balaban J connectivity index is 2.59. The lowest BCUT2D eigenvalue weighted by molar-refractivity contribution is -0.188. The van der Waals surface area contributed by atoms with Crippen LogP contribution < -0.4 is 10.6 Å². The van der Waals surface area contributed by atoms with Crippen LogP contribution in [0.3, 0.4) is 0 Å². The minimum absolute atomic E-state index is 0.125. The molecule has 0 aromatic heterocycles. The first-order valence-electron chi connectivity index (χ1n) is 13.4. The maximum absolute atomic E-state index is 13.2. The van der Waals surface area contributed by atoms with Crippen LogP contribution in [0.25, 0.3) is 0 Å². The van der Waals surface area contributed by atoms with Crippen molar-refractivity contribution >= 4 is 35.9 Å². The molecule has 14 heteroatoms. The van der Waals surface area contributed by atoms with E-state index in [2.05, 4.69) is 10.6 Å². The summed E-state index contributed by atoms with van der Waals surface area (Å²) in [5.41, 5.74) is -0.221. The zero-order valence-electron chi connectivity index (χ0n) is 25.2. The Morgan fingerprint density at radius 3 is 2.02 bits per heavy atom. The predicted molar refractivity (Wildman–Crippen MR) is 148 cm³/mol. The van der Waals surface area contributed by atoms with Gasteiger partial charge in [-0.1, -0.05) is 30.3 Å². The van der Waals surface area contributed by atoms with E-state index < -0.39 is 84.2 Å². The molecule has 1 heterocycles. The summed E-state index contributed by atoms with van der Waals surface area (Å²) in [5, 5.41) is 5.21. The van der Waals surface area contributed by atoms with Crippen molar-refractivity contribution in [3.63, 3.8) is 0 Å². The lowest BCUT2D eigenvalue weighted by Gasteiger charge is -2.42. The monoisotopic (exact) mass is 606 g/mol. The van der Waals surface area contributed by atoms with E-state index in [0.29, 0.717) is 5.56 Å². The normalized spacial score (nSPS) is 19.2. The molecule has 1 aliphatic rings. The number of nitrogens with one attached hydrogen (secondary N) is 2. The molecular formula is C29H38N2O12. The van der Waals surface area contributed by atoms with Gasteiger partial charge in [0, 0.05) is 27.7 Å². The number of benzene rings is 1. The summed E-state index contributed by atoms with van der Waals surface area (Å²) in [6.07, 6.45) is -4.19. The molecule has 1 aromatic rings. The molecule has 0 fully saturated rings. The number of esters is 4. The average molecular weight is 607 g/mol. The van der Waals surface area contributed by atoms with Gasteiger partial charge in [-0.2, -0.15) is 0 Å². The van der Waals surface area contributed by atoms with Crippen molar-refractivity contribution in [1.82, 2.24) is 10.6 Å². The molecule has 0 spiro atoms. The third-order valence-electron chi connectivity index (χ3n) is 5.56. The number of rotatable bonds is 11. The predicted octanol–water partition coefficient (Wildman–Crippen LogP) is 1.84. The number of amides is 2. The number of carbonyl (C=O) groups is 6. The summed E-state index contributed by atoms with van der Waals surface area (Å²) in [7, 11) is 0. The molecule has 0 radical (unpaired) electrons. The molecule has 0 saturated carbocycles. The van der Waals surface area contributed by atoms with E-state index in [-0.39, 0.29) is 6.61 Å². The molecular weight excluding hydrogens is 568 g/mol. The highest BCUT2D eigenvalue weighted by Gasteiger charge is 2.48.